The number of hydrogen-bond acceptors (Lipinski definition) is 5. The summed E-state index contributed by atoms with van der Waals surface area (Å²) in [6.07, 6.45) is 19.8. The average Bonchev–Trinajstić information content (AvgIpc) is 2.96. The molecule has 0 bridgehead atoms. The number of unbranched alkanes of at least 4 members (excludes halogenated alkanes) is 11. The zero-order valence-corrected chi connectivity index (χ0v) is 25.1. The highest BCUT2D eigenvalue weighted by Gasteiger charge is 2.31. The number of ether oxygens (including phenoxy) is 3. The Balaban J connectivity index is 1.90. The molecule has 0 saturated carbocycles. The van der Waals surface area contributed by atoms with Crippen LogP contribution < -0.4 is 0 Å². The van der Waals surface area contributed by atoms with Crippen LogP contribution in [0.2, 0.25) is 0 Å². The topological polar surface area (TPSA) is 65.0 Å². The first-order valence-electron chi connectivity index (χ1n) is 16.3. The van der Waals surface area contributed by atoms with Crippen molar-refractivity contribution in [2.75, 3.05) is 6.61 Å². The highest BCUT2D eigenvalue weighted by Crippen LogP contribution is 2.26. The van der Waals surface area contributed by atoms with E-state index in [9.17, 15) is 9.90 Å². The molecule has 1 aromatic carbocycles. The van der Waals surface area contributed by atoms with Crippen molar-refractivity contribution < 1.29 is 24.1 Å². The molecular weight excluding hydrogens is 488 g/mol. The van der Waals surface area contributed by atoms with Gasteiger partial charge in [-0.05, 0) is 37.7 Å². The van der Waals surface area contributed by atoms with Gasteiger partial charge < -0.3 is 19.3 Å². The van der Waals surface area contributed by atoms with Crippen LogP contribution in [0, 0.1) is 5.92 Å². The van der Waals surface area contributed by atoms with Crippen LogP contribution in [0.5, 0.6) is 0 Å². The number of carbonyl (C=O) groups is 1. The Morgan fingerprint density at radius 1 is 0.872 bits per heavy atom. The van der Waals surface area contributed by atoms with Crippen molar-refractivity contribution in [2.24, 2.45) is 5.92 Å². The van der Waals surface area contributed by atoms with Crippen LogP contribution in [-0.4, -0.2) is 36.2 Å². The fourth-order valence-corrected chi connectivity index (χ4v) is 5.48. The van der Waals surface area contributed by atoms with Gasteiger partial charge in [-0.3, -0.25) is 4.79 Å². The van der Waals surface area contributed by atoms with E-state index >= 15 is 0 Å². The maximum absolute atomic E-state index is 13.2. The molecule has 0 aromatic heterocycles. The maximum atomic E-state index is 13.2. The van der Waals surface area contributed by atoms with Crippen LogP contribution in [0.1, 0.15) is 141 Å². The lowest BCUT2D eigenvalue weighted by molar-refractivity contribution is -0.196. The van der Waals surface area contributed by atoms with Gasteiger partial charge in [-0.25, -0.2) is 0 Å². The van der Waals surface area contributed by atoms with Gasteiger partial charge in [-0.2, -0.15) is 0 Å². The van der Waals surface area contributed by atoms with E-state index in [1.807, 2.05) is 30.3 Å². The second-order valence-electron chi connectivity index (χ2n) is 11.5. The molecule has 4 atom stereocenters. The van der Waals surface area contributed by atoms with Crippen molar-refractivity contribution in [1.29, 1.82) is 0 Å². The van der Waals surface area contributed by atoms with E-state index in [0.29, 0.717) is 12.8 Å². The summed E-state index contributed by atoms with van der Waals surface area (Å²) in [6, 6.07) is 9.76. The molecular formula is C34H58O5. The van der Waals surface area contributed by atoms with Gasteiger partial charge in [0.2, 0.25) is 0 Å². The van der Waals surface area contributed by atoms with Crippen molar-refractivity contribution >= 4 is 5.97 Å². The molecule has 1 aliphatic rings. The molecule has 0 aliphatic carbocycles. The number of aliphatic hydroxyl groups excluding tert-OH is 1. The summed E-state index contributed by atoms with van der Waals surface area (Å²) in [7, 11) is 0. The van der Waals surface area contributed by atoms with Gasteiger partial charge in [0.15, 0.2) is 6.29 Å². The lowest BCUT2D eigenvalue weighted by Gasteiger charge is -2.30. The standard InChI is InChI=1S/C34H58O5/c1-3-5-7-9-10-11-12-13-17-23-30(39-33-25-19-20-26-37-33)27-32(35)31(24-18-8-6-4-2)34(36)38-28-29-21-15-14-16-22-29/h14-16,21-22,30-33,35H,3-13,17-20,23-28H2,1-2H3/t30?,31-,32-,33?/m0/s1. The lowest BCUT2D eigenvalue weighted by Crippen LogP contribution is -2.36. The molecule has 5 heteroatoms. The van der Waals surface area contributed by atoms with Crippen LogP contribution in [0.25, 0.3) is 0 Å². The van der Waals surface area contributed by atoms with Gasteiger partial charge in [0.25, 0.3) is 0 Å². The molecule has 224 valence electrons. The lowest BCUT2D eigenvalue weighted by atomic mass is 9.90. The summed E-state index contributed by atoms with van der Waals surface area (Å²) in [4.78, 5) is 13.2. The molecule has 0 spiro atoms. The molecule has 39 heavy (non-hydrogen) atoms. The Labute approximate surface area is 239 Å². The SMILES string of the molecule is CCCCCCCCCCCC(C[C@H](O)[C@H](CCCCCC)C(=O)OCc1ccccc1)OC1CCCCO1. The van der Waals surface area contributed by atoms with Crippen molar-refractivity contribution in [1.82, 2.24) is 0 Å². The van der Waals surface area contributed by atoms with Gasteiger partial charge in [0, 0.05) is 13.0 Å². The Morgan fingerprint density at radius 2 is 1.49 bits per heavy atom. The number of rotatable bonds is 23. The third-order valence-electron chi connectivity index (χ3n) is 7.98. The molecule has 5 nitrogen and oxygen atoms in total. The predicted molar refractivity (Wildman–Crippen MR) is 159 cm³/mol. The molecule has 0 radical (unpaired) electrons. The fraction of sp³-hybridized carbons (Fsp3) is 0.794. The van der Waals surface area contributed by atoms with E-state index in [2.05, 4.69) is 13.8 Å². The molecule has 1 saturated heterocycles. The fourth-order valence-electron chi connectivity index (χ4n) is 5.48. The summed E-state index contributed by atoms with van der Waals surface area (Å²) in [5, 5.41) is 11.4. The normalized spacial score (nSPS) is 18.0. The summed E-state index contributed by atoms with van der Waals surface area (Å²) < 4.78 is 18.0. The van der Waals surface area contributed by atoms with Crippen LogP contribution in [-0.2, 0) is 25.6 Å². The molecule has 0 amide bonds. The van der Waals surface area contributed by atoms with Crippen molar-refractivity contribution in [3.63, 3.8) is 0 Å². The van der Waals surface area contributed by atoms with Crippen molar-refractivity contribution in [3.05, 3.63) is 35.9 Å². The van der Waals surface area contributed by atoms with E-state index < -0.39 is 12.0 Å². The van der Waals surface area contributed by atoms with E-state index in [0.717, 1.165) is 70.0 Å². The second-order valence-corrected chi connectivity index (χ2v) is 11.5. The Kier molecular flexibility index (Phi) is 19.3. The van der Waals surface area contributed by atoms with E-state index in [1.165, 1.54) is 51.4 Å². The van der Waals surface area contributed by atoms with Crippen LogP contribution in [0.3, 0.4) is 0 Å². The molecule has 2 rings (SSSR count). The number of benzene rings is 1. The van der Waals surface area contributed by atoms with Gasteiger partial charge in [0.05, 0.1) is 18.1 Å². The second kappa shape index (κ2) is 22.3. The predicted octanol–water partition coefficient (Wildman–Crippen LogP) is 8.90. The number of hydrogen-bond donors (Lipinski definition) is 1. The Bertz CT molecular complexity index is 703. The molecule has 1 heterocycles. The Hall–Kier alpha value is -1.43. The summed E-state index contributed by atoms with van der Waals surface area (Å²) >= 11 is 0. The first-order valence-corrected chi connectivity index (χ1v) is 16.3. The van der Waals surface area contributed by atoms with E-state index in [4.69, 9.17) is 14.2 Å². The minimum Gasteiger partial charge on any atom is -0.461 e. The van der Waals surface area contributed by atoms with Crippen molar-refractivity contribution in [2.45, 2.75) is 161 Å². The van der Waals surface area contributed by atoms with Gasteiger partial charge in [-0.15, -0.1) is 0 Å². The molecule has 1 aliphatic heterocycles. The highest BCUT2D eigenvalue weighted by atomic mass is 16.7. The zero-order chi connectivity index (χ0) is 28.0. The zero-order valence-electron chi connectivity index (χ0n) is 25.1. The van der Waals surface area contributed by atoms with Crippen molar-refractivity contribution in [3.8, 4) is 0 Å². The minimum atomic E-state index is -0.776. The number of carbonyl (C=O) groups excluding carboxylic acids is 1. The Morgan fingerprint density at radius 3 is 2.13 bits per heavy atom. The minimum absolute atomic E-state index is 0.104. The third-order valence-corrected chi connectivity index (χ3v) is 7.98. The first-order chi connectivity index (χ1) is 19.1. The third kappa shape index (κ3) is 15.8. The largest absolute Gasteiger partial charge is 0.461 e. The van der Waals surface area contributed by atoms with Crippen LogP contribution in [0.4, 0.5) is 0 Å². The summed E-state index contributed by atoms with van der Waals surface area (Å²) in [6.45, 7) is 5.42. The molecule has 1 aromatic rings. The molecule has 2 unspecified atom stereocenters. The quantitative estimate of drug-likeness (QED) is 0.110. The maximum Gasteiger partial charge on any atom is 0.311 e. The van der Waals surface area contributed by atoms with Crippen LogP contribution >= 0.6 is 0 Å². The van der Waals surface area contributed by atoms with Gasteiger partial charge in [-0.1, -0.05) is 128 Å². The molecule has 1 N–H and O–H groups in total. The number of aliphatic hydroxyl groups is 1. The average molecular weight is 547 g/mol. The van der Waals surface area contributed by atoms with Gasteiger partial charge >= 0.3 is 5.97 Å². The number of esters is 1. The van der Waals surface area contributed by atoms with Crippen LogP contribution in [0.15, 0.2) is 30.3 Å². The highest BCUT2D eigenvalue weighted by molar-refractivity contribution is 5.73. The molecule has 1 fully saturated rings. The summed E-state index contributed by atoms with van der Waals surface area (Å²) in [5.74, 6) is -0.814. The van der Waals surface area contributed by atoms with E-state index in [1.54, 1.807) is 0 Å². The van der Waals surface area contributed by atoms with E-state index in [-0.39, 0.29) is 25.0 Å². The first kappa shape index (κ1) is 33.8. The smallest absolute Gasteiger partial charge is 0.311 e. The monoisotopic (exact) mass is 546 g/mol. The summed E-state index contributed by atoms with van der Waals surface area (Å²) in [5.41, 5.74) is 0.964. The van der Waals surface area contributed by atoms with Gasteiger partial charge in [0.1, 0.15) is 6.61 Å².